The van der Waals surface area contributed by atoms with Crippen molar-refractivity contribution in [3.8, 4) is 0 Å². The lowest BCUT2D eigenvalue weighted by Gasteiger charge is -1.91. The first-order valence-electron chi connectivity index (χ1n) is 4.64. The van der Waals surface area contributed by atoms with Crippen LogP contribution in [0.25, 0.3) is 0 Å². The van der Waals surface area contributed by atoms with E-state index in [9.17, 15) is 0 Å². The molecule has 2 radical (unpaired) electrons. The van der Waals surface area contributed by atoms with Gasteiger partial charge < -0.3 is 0 Å². The van der Waals surface area contributed by atoms with Gasteiger partial charge in [-0.15, -0.1) is 0 Å². The number of rotatable bonds is 0. The Balaban J connectivity index is 0.000000120. The molecule has 0 aromatic heterocycles. The molecule has 0 heteroatoms. The lowest BCUT2D eigenvalue weighted by molar-refractivity contribution is 0.681. The quantitative estimate of drug-likeness (QED) is 0.545. The summed E-state index contributed by atoms with van der Waals surface area (Å²) in [6.07, 6.45) is 5.60. The first-order chi connectivity index (χ1) is 5.89. The Bertz CT molecular complexity index is 146. The smallest absolute Gasteiger partial charge is 0.0184 e. The fraction of sp³-hybridized carbons (Fsp3) is 0.417. The molecule has 0 saturated heterocycles. The predicted molar refractivity (Wildman–Crippen MR) is 52.6 cm³/mol. The Morgan fingerprint density at radius 2 is 1.58 bits per heavy atom. The maximum Gasteiger partial charge on any atom is -0.0184 e. The summed E-state index contributed by atoms with van der Waals surface area (Å²) < 4.78 is 0. The average Bonchev–Trinajstić information content (AvgIpc) is 2.60. The molecule has 12 heavy (non-hydrogen) atoms. The number of benzene rings is 1. The molecule has 0 unspecified atom stereocenters. The molecule has 1 fully saturated rings. The zero-order valence-electron chi connectivity index (χ0n) is 7.50. The second-order valence-electron chi connectivity index (χ2n) is 3.23. The van der Waals surface area contributed by atoms with Gasteiger partial charge in [0.15, 0.2) is 0 Å². The lowest BCUT2D eigenvalue weighted by Crippen LogP contribution is -1.79. The predicted octanol–water partition coefficient (Wildman–Crippen LogP) is 3.50. The van der Waals surface area contributed by atoms with Gasteiger partial charge in [0.25, 0.3) is 0 Å². The molecule has 0 nitrogen and oxygen atoms in total. The largest absolute Gasteiger partial charge is 0.0622 e. The molecule has 1 saturated carbocycles. The van der Waals surface area contributed by atoms with Crippen molar-refractivity contribution >= 4 is 0 Å². The van der Waals surface area contributed by atoms with E-state index in [2.05, 4.69) is 13.0 Å². The minimum atomic E-state index is 0.796. The highest BCUT2D eigenvalue weighted by molar-refractivity contribution is 4.97. The zero-order valence-corrected chi connectivity index (χ0v) is 7.50. The number of hydrogen-bond donors (Lipinski definition) is 0. The molecule has 0 N–H and O–H groups in total. The summed E-state index contributed by atoms with van der Waals surface area (Å²) in [6.45, 7) is 3.94. The van der Waals surface area contributed by atoms with Gasteiger partial charge >= 0.3 is 0 Å². The van der Waals surface area contributed by atoms with Crippen LogP contribution in [0.2, 0.25) is 0 Å². The van der Waals surface area contributed by atoms with Crippen molar-refractivity contribution in [1.29, 1.82) is 0 Å². The van der Waals surface area contributed by atoms with Gasteiger partial charge in [0.05, 0.1) is 0 Å². The van der Waals surface area contributed by atoms with E-state index in [-0.39, 0.29) is 0 Å². The summed E-state index contributed by atoms with van der Waals surface area (Å²) in [6, 6.07) is 12.5. The second kappa shape index (κ2) is 5.82. The Labute approximate surface area is 75.6 Å². The highest BCUT2D eigenvalue weighted by Crippen LogP contribution is 2.22. The maximum atomic E-state index is 3.94. The van der Waals surface area contributed by atoms with Crippen LogP contribution in [0.3, 0.4) is 0 Å². The van der Waals surface area contributed by atoms with Crippen LogP contribution in [0.15, 0.2) is 30.3 Å². The lowest BCUT2D eigenvalue weighted by atomic mass is 10.2. The molecule has 1 aromatic carbocycles. The van der Waals surface area contributed by atoms with Crippen molar-refractivity contribution in [3.63, 3.8) is 0 Å². The highest BCUT2D eigenvalue weighted by atomic mass is 14.1. The van der Waals surface area contributed by atoms with E-state index in [1.807, 2.05) is 30.3 Å². The van der Waals surface area contributed by atoms with Crippen LogP contribution in [0.1, 0.15) is 25.7 Å². The van der Waals surface area contributed by atoms with Gasteiger partial charge in [-0.1, -0.05) is 62.9 Å². The minimum Gasteiger partial charge on any atom is -0.0622 e. The van der Waals surface area contributed by atoms with E-state index in [1.165, 1.54) is 25.7 Å². The minimum absolute atomic E-state index is 0.796. The van der Waals surface area contributed by atoms with Crippen molar-refractivity contribution < 1.29 is 0 Å². The normalized spacial score (nSPS) is 16.8. The standard InChI is InChI=1S/C6H11.C6H5/c1-6-4-2-3-5-6;1-2-4-6-5-3-1/h6H,1-5H2;1-5H. The van der Waals surface area contributed by atoms with Crippen molar-refractivity contribution in [2.75, 3.05) is 0 Å². The first-order valence-corrected chi connectivity index (χ1v) is 4.64. The van der Waals surface area contributed by atoms with Crippen molar-refractivity contribution in [3.05, 3.63) is 43.3 Å². The molecule has 1 aromatic rings. The summed E-state index contributed by atoms with van der Waals surface area (Å²) in [4.78, 5) is 0. The van der Waals surface area contributed by atoms with Crippen molar-refractivity contribution in [2.45, 2.75) is 25.7 Å². The summed E-state index contributed by atoms with van der Waals surface area (Å²) in [5, 5.41) is 0. The van der Waals surface area contributed by atoms with Gasteiger partial charge in [0.2, 0.25) is 0 Å². The molecule has 0 atom stereocenters. The van der Waals surface area contributed by atoms with E-state index in [4.69, 9.17) is 0 Å². The second-order valence-corrected chi connectivity index (χ2v) is 3.23. The molecule has 2 rings (SSSR count). The fourth-order valence-corrected chi connectivity index (χ4v) is 1.35. The van der Waals surface area contributed by atoms with E-state index < -0.39 is 0 Å². The Morgan fingerprint density at radius 1 is 1.00 bits per heavy atom. The van der Waals surface area contributed by atoms with Gasteiger partial charge in [0.1, 0.15) is 0 Å². The van der Waals surface area contributed by atoms with Crippen LogP contribution in [0.5, 0.6) is 0 Å². The van der Waals surface area contributed by atoms with Crippen LogP contribution in [0.4, 0.5) is 0 Å². The topological polar surface area (TPSA) is 0 Å². The van der Waals surface area contributed by atoms with Crippen LogP contribution in [-0.2, 0) is 0 Å². The average molecular weight is 160 g/mol. The summed E-state index contributed by atoms with van der Waals surface area (Å²) in [5.74, 6) is 0.796. The van der Waals surface area contributed by atoms with Gasteiger partial charge in [-0.3, -0.25) is 0 Å². The summed E-state index contributed by atoms with van der Waals surface area (Å²) in [5.41, 5.74) is 0. The van der Waals surface area contributed by atoms with Crippen LogP contribution >= 0.6 is 0 Å². The molecule has 0 heterocycles. The Morgan fingerprint density at radius 3 is 1.75 bits per heavy atom. The van der Waals surface area contributed by atoms with Gasteiger partial charge in [-0.05, 0) is 12.0 Å². The molecule has 0 amide bonds. The molecular formula is C12H16. The molecule has 1 aliphatic rings. The van der Waals surface area contributed by atoms with Gasteiger partial charge in [-0.25, -0.2) is 0 Å². The number of hydrogen-bond acceptors (Lipinski definition) is 0. The SMILES string of the molecule is [CH2]C1CCCC1.[c]1ccccc1. The fourth-order valence-electron chi connectivity index (χ4n) is 1.35. The molecular weight excluding hydrogens is 144 g/mol. The molecule has 0 spiro atoms. The highest BCUT2D eigenvalue weighted by Gasteiger charge is 2.07. The van der Waals surface area contributed by atoms with Crippen LogP contribution < -0.4 is 0 Å². The zero-order chi connectivity index (χ0) is 8.65. The summed E-state index contributed by atoms with van der Waals surface area (Å²) in [7, 11) is 0. The van der Waals surface area contributed by atoms with Crippen LogP contribution in [0, 0.1) is 18.9 Å². The first kappa shape index (κ1) is 9.31. The monoisotopic (exact) mass is 160 g/mol. The third kappa shape index (κ3) is 4.17. The van der Waals surface area contributed by atoms with E-state index in [0.29, 0.717) is 0 Å². The molecule has 1 aliphatic carbocycles. The Hall–Kier alpha value is -0.780. The molecule has 64 valence electrons. The van der Waals surface area contributed by atoms with Gasteiger partial charge in [-0.2, -0.15) is 0 Å². The third-order valence-electron chi connectivity index (χ3n) is 2.08. The van der Waals surface area contributed by atoms with Gasteiger partial charge in [0, 0.05) is 0 Å². The maximum absolute atomic E-state index is 3.94. The van der Waals surface area contributed by atoms with E-state index in [1.54, 1.807) is 0 Å². The summed E-state index contributed by atoms with van der Waals surface area (Å²) >= 11 is 0. The Kier molecular flexibility index (Phi) is 4.51. The molecule has 0 bridgehead atoms. The van der Waals surface area contributed by atoms with Crippen LogP contribution in [-0.4, -0.2) is 0 Å². The molecule has 0 aliphatic heterocycles. The van der Waals surface area contributed by atoms with E-state index in [0.717, 1.165) is 5.92 Å². The van der Waals surface area contributed by atoms with Crippen molar-refractivity contribution in [1.82, 2.24) is 0 Å². The van der Waals surface area contributed by atoms with Crippen molar-refractivity contribution in [2.24, 2.45) is 5.92 Å². The van der Waals surface area contributed by atoms with E-state index >= 15 is 0 Å². The third-order valence-corrected chi connectivity index (χ3v) is 2.08.